The highest BCUT2D eigenvalue weighted by Gasteiger charge is 2.18. The summed E-state index contributed by atoms with van der Waals surface area (Å²) >= 11 is 0. The molecule has 0 atom stereocenters. The van der Waals surface area contributed by atoms with E-state index in [0.717, 1.165) is 12.1 Å². The zero-order valence-electron chi connectivity index (χ0n) is 8.96. The summed E-state index contributed by atoms with van der Waals surface area (Å²) in [6.07, 6.45) is 0. The van der Waals surface area contributed by atoms with E-state index in [9.17, 15) is 12.8 Å². The van der Waals surface area contributed by atoms with Crippen molar-refractivity contribution in [2.24, 2.45) is 0 Å². The molecule has 0 unspecified atom stereocenters. The summed E-state index contributed by atoms with van der Waals surface area (Å²) in [5.41, 5.74) is 5.44. The first kappa shape index (κ1) is 12.4. The van der Waals surface area contributed by atoms with Crippen molar-refractivity contribution in [2.75, 3.05) is 5.73 Å². The lowest BCUT2D eigenvalue weighted by molar-refractivity contribution is 0.576. The standard InChI is InChI=1S/C8H9FN6O2S/c9-5-1-2-6(10)7(3-5)18(16,17)11-4-8-12-14-15-13-8/h1-3,11H,4,10H2,(H,12,13,14,15). The summed E-state index contributed by atoms with van der Waals surface area (Å²) in [5, 5.41) is 12.6. The van der Waals surface area contributed by atoms with Crippen molar-refractivity contribution in [1.29, 1.82) is 0 Å². The number of anilines is 1. The molecule has 0 aliphatic rings. The Morgan fingerprint density at radius 3 is 2.89 bits per heavy atom. The molecule has 0 fully saturated rings. The molecule has 1 heterocycles. The van der Waals surface area contributed by atoms with Crippen LogP contribution in [-0.2, 0) is 16.6 Å². The highest BCUT2D eigenvalue weighted by Crippen LogP contribution is 2.19. The molecule has 0 aliphatic carbocycles. The van der Waals surface area contributed by atoms with Crippen LogP contribution in [0.4, 0.5) is 10.1 Å². The van der Waals surface area contributed by atoms with Gasteiger partial charge in [0.1, 0.15) is 10.7 Å². The molecule has 0 spiro atoms. The quantitative estimate of drug-likeness (QED) is 0.638. The Morgan fingerprint density at radius 2 is 2.22 bits per heavy atom. The average molecular weight is 272 g/mol. The number of aromatic amines is 1. The van der Waals surface area contributed by atoms with Crippen LogP contribution in [0.15, 0.2) is 23.1 Å². The van der Waals surface area contributed by atoms with Gasteiger partial charge in [-0.15, -0.1) is 10.2 Å². The number of nitrogens with one attached hydrogen (secondary N) is 2. The van der Waals surface area contributed by atoms with Gasteiger partial charge in [0.15, 0.2) is 5.82 Å². The molecule has 18 heavy (non-hydrogen) atoms. The number of tetrazole rings is 1. The van der Waals surface area contributed by atoms with E-state index in [1.54, 1.807) is 0 Å². The third-order valence-corrected chi connectivity index (χ3v) is 3.53. The molecule has 1 aromatic heterocycles. The highest BCUT2D eigenvalue weighted by molar-refractivity contribution is 7.89. The maximum absolute atomic E-state index is 13.0. The minimum absolute atomic E-state index is 0.0444. The lowest BCUT2D eigenvalue weighted by Crippen LogP contribution is -2.24. The molecule has 0 aliphatic heterocycles. The summed E-state index contributed by atoms with van der Waals surface area (Å²) < 4.78 is 38.9. The van der Waals surface area contributed by atoms with E-state index in [4.69, 9.17) is 5.73 Å². The van der Waals surface area contributed by atoms with Gasteiger partial charge in [-0.25, -0.2) is 17.5 Å². The van der Waals surface area contributed by atoms with Crippen molar-refractivity contribution in [1.82, 2.24) is 25.3 Å². The maximum Gasteiger partial charge on any atom is 0.243 e. The first-order chi connectivity index (χ1) is 8.49. The maximum atomic E-state index is 13.0. The molecule has 4 N–H and O–H groups in total. The van der Waals surface area contributed by atoms with Gasteiger partial charge in [-0.3, -0.25) is 0 Å². The molecular weight excluding hydrogens is 263 g/mol. The second kappa shape index (κ2) is 4.66. The Morgan fingerprint density at radius 1 is 1.44 bits per heavy atom. The first-order valence-electron chi connectivity index (χ1n) is 4.76. The Bertz CT molecular complexity index is 642. The summed E-state index contributed by atoms with van der Waals surface area (Å²) in [7, 11) is -3.93. The van der Waals surface area contributed by atoms with Gasteiger partial charge in [0.05, 0.1) is 12.2 Å². The van der Waals surface area contributed by atoms with Crippen molar-refractivity contribution in [2.45, 2.75) is 11.4 Å². The fourth-order valence-corrected chi connectivity index (χ4v) is 2.36. The molecule has 0 bridgehead atoms. The number of nitrogen functional groups attached to an aromatic ring is 1. The van der Waals surface area contributed by atoms with Crippen molar-refractivity contribution in [3.63, 3.8) is 0 Å². The summed E-state index contributed by atoms with van der Waals surface area (Å²) in [5.74, 6) is -0.530. The van der Waals surface area contributed by atoms with Gasteiger partial charge in [-0.05, 0) is 18.2 Å². The van der Waals surface area contributed by atoms with E-state index in [0.29, 0.717) is 0 Å². The van der Waals surface area contributed by atoms with Crippen molar-refractivity contribution >= 4 is 15.7 Å². The number of halogens is 1. The topological polar surface area (TPSA) is 127 Å². The molecule has 1 aromatic carbocycles. The van der Waals surface area contributed by atoms with Gasteiger partial charge in [0.2, 0.25) is 10.0 Å². The number of hydrogen-bond donors (Lipinski definition) is 3. The molecule has 0 saturated heterocycles. The molecule has 10 heteroatoms. The van der Waals surface area contributed by atoms with Crippen LogP contribution in [0.2, 0.25) is 0 Å². The number of hydrogen-bond acceptors (Lipinski definition) is 6. The van der Waals surface area contributed by atoms with Crippen molar-refractivity contribution in [3.8, 4) is 0 Å². The van der Waals surface area contributed by atoms with Gasteiger partial charge in [0.25, 0.3) is 0 Å². The Kier molecular flexibility index (Phi) is 3.21. The van der Waals surface area contributed by atoms with Gasteiger partial charge in [-0.2, -0.15) is 5.21 Å². The molecule has 8 nitrogen and oxygen atoms in total. The lowest BCUT2D eigenvalue weighted by atomic mass is 10.3. The predicted molar refractivity (Wildman–Crippen MR) is 59.0 cm³/mol. The Balaban J connectivity index is 2.22. The van der Waals surface area contributed by atoms with Crippen LogP contribution >= 0.6 is 0 Å². The number of rotatable bonds is 4. The first-order valence-corrected chi connectivity index (χ1v) is 6.24. The fourth-order valence-electron chi connectivity index (χ4n) is 1.24. The molecular formula is C8H9FN6O2S. The summed E-state index contributed by atoms with van der Waals surface area (Å²) in [6, 6.07) is 3.10. The smallest absolute Gasteiger partial charge is 0.243 e. The van der Waals surface area contributed by atoms with E-state index in [1.807, 2.05) is 0 Å². The van der Waals surface area contributed by atoms with Crippen LogP contribution < -0.4 is 10.5 Å². The van der Waals surface area contributed by atoms with E-state index in [-0.39, 0.29) is 23.0 Å². The number of sulfonamides is 1. The van der Waals surface area contributed by atoms with E-state index < -0.39 is 15.8 Å². The minimum atomic E-state index is -3.93. The third kappa shape index (κ3) is 2.60. The van der Waals surface area contributed by atoms with Gasteiger partial charge in [-0.1, -0.05) is 5.21 Å². The lowest BCUT2D eigenvalue weighted by Gasteiger charge is -2.07. The van der Waals surface area contributed by atoms with E-state index in [1.165, 1.54) is 6.07 Å². The monoisotopic (exact) mass is 272 g/mol. The summed E-state index contributed by atoms with van der Waals surface area (Å²) in [6.45, 7) is -0.172. The molecule has 0 amide bonds. The molecule has 0 radical (unpaired) electrons. The van der Waals surface area contributed by atoms with Gasteiger partial charge in [0, 0.05) is 0 Å². The van der Waals surface area contributed by atoms with Gasteiger partial charge >= 0.3 is 0 Å². The average Bonchev–Trinajstić information content (AvgIpc) is 2.83. The second-order valence-corrected chi connectivity index (χ2v) is 5.07. The third-order valence-electron chi connectivity index (χ3n) is 2.07. The number of aromatic nitrogens is 4. The highest BCUT2D eigenvalue weighted by atomic mass is 32.2. The second-order valence-electron chi connectivity index (χ2n) is 3.33. The zero-order valence-corrected chi connectivity index (χ0v) is 9.78. The van der Waals surface area contributed by atoms with E-state index >= 15 is 0 Å². The van der Waals surface area contributed by atoms with Gasteiger partial charge < -0.3 is 5.73 Å². The van der Waals surface area contributed by atoms with Crippen LogP contribution in [0.3, 0.4) is 0 Å². The number of H-pyrrole nitrogens is 1. The van der Waals surface area contributed by atoms with Crippen LogP contribution in [0.1, 0.15) is 5.82 Å². The normalized spacial score (nSPS) is 11.6. The van der Waals surface area contributed by atoms with Crippen LogP contribution in [-0.4, -0.2) is 29.0 Å². The summed E-state index contributed by atoms with van der Waals surface area (Å²) in [4.78, 5) is -0.328. The number of benzene rings is 1. The Hall–Kier alpha value is -2.07. The number of nitrogens with zero attached hydrogens (tertiary/aromatic N) is 3. The van der Waals surface area contributed by atoms with E-state index in [2.05, 4.69) is 25.3 Å². The SMILES string of the molecule is Nc1ccc(F)cc1S(=O)(=O)NCc1nn[nH]n1. The molecule has 2 rings (SSSR count). The predicted octanol–water partition coefficient (Wildman–Crippen LogP) is -0.601. The molecule has 0 saturated carbocycles. The number of nitrogens with two attached hydrogens (primary N) is 1. The van der Waals surface area contributed by atoms with Crippen molar-refractivity contribution in [3.05, 3.63) is 29.8 Å². The van der Waals surface area contributed by atoms with Crippen LogP contribution in [0.25, 0.3) is 0 Å². The van der Waals surface area contributed by atoms with Crippen LogP contribution in [0.5, 0.6) is 0 Å². The van der Waals surface area contributed by atoms with Crippen LogP contribution in [0, 0.1) is 5.82 Å². The van der Waals surface area contributed by atoms with Crippen molar-refractivity contribution < 1.29 is 12.8 Å². The largest absolute Gasteiger partial charge is 0.398 e. The molecule has 2 aromatic rings. The molecule has 96 valence electrons. The Labute approximate surface area is 101 Å². The fraction of sp³-hybridized carbons (Fsp3) is 0.125. The zero-order chi connectivity index (χ0) is 13.2. The minimum Gasteiger partial charge on any atom is -0.398 e.